The number of amides is 2. The molecule has 1 aliphatic carbocycles. The first kappa shape index (κ1) is 20.6. The van der Waals surface area contributed by atoms with E-state index in [2.05, 4.69) is 41.4 Å². The smallest absolute Gasteiger partial charge is 0.317 e. The van der Waals surface area contributed by atoms with E-state index in [-0.39, 0.29) is 24.7 Å². The van der Waals surface area contributed by atoms with E-state index in [9.17, 15) is 9.59 Å². The minimum absolute atomic E-state index is 0.0141. The van der Waals surface area contributed by atoms with Gasteiger partial charge < -0.3 is 15.3 Å². The normalized spacial score (nSPS) is 22.8. The van der Waals surface area contributed by atoms with Crippen LogP contribution in [0.25, 0.3) is 0 Å². The molecule has 1 aromatic carbocycles. The molecule has 28 heavy (non-hydrogen) atoms. The molecule has 3 rings (SSSR count). The molecule has 1 aliphatic heterocycles. The van der Waals surface area contributed by atoms with Crippen LogP contribution in [-0.4, -0.2) is 83.2 Å². The van der Waals surface area contributed by atoms with Crippen LogP contribution in [0.4, 0.5) is 4.79 Å². The zero-order valence-corrected chi connectivity index (χ0v) is 16.9. The van der Waals surface area contributed by atoms with Crippen LogP contribution in [0.2, 0.25) is 0 Å². The molecule has 0 atom stereocenters. The Kier molecular flexibility index (Phi) is 6.91. The Morgan fingerprint density at radius 2 is 1.86 bits per heavy atom. The van der Waals surface area contributed by atoms with E-state index >= 15 is 0 Å². The van der Waals surface area contributed by atoms with Crippen LogP contribution < -0.4 is 5.32 Å². The Bertz CT molecular complexity index is 682. The van der Waals surface area contributed by atoms with Gasteiger partial charge in [0.05, 0.1) is 6.54 Å². The van der Waals surface area contributed by atoms with Gasteiger partial charge in [-0.3, -0.25) is 14.6 Å². The Morgan fingerprint density at radius 3 is 2.46 bits per heavy atom. The van der Waals surface area contributed by atoms with Gasteiger partial charge in [-0.15, -0.1) is 0 Å². The minimum Gasteiger partial charge on any atom is -0.480 e. The third kappa shape index (κ3) is 5.23. The lowest BCUT2D eigenvalue weighted by atomic mass is 9.85. The largest absolute Gasteiger partial charge is 0.480 e. The number of carboxylic acids is 1. The van der Waals surface area contributed by atoms with Crippen LogP contribution in [0.3, 0.4) is 0 Å². The standard InChI is InChI=1S/C21H32N4O3/c1-3-24(15-20(26)27)19-12-18(13-19)22-21(28)25-10-8-23(9-11-25)14-17-7-5-4-6-16(17)2/h4-7,18-19H,3,8-15H2,1-2H3,(H,22,28)(H,26,27). The summed E-state index contributed by atoms with van der Waals surface area (Å²) in [5.41, 5.74) is 2.66. The fourth-order valence-electron chi connectivity index (χ4n) is 4.08. The second-order valence-corrected chi connectivity index (χ2v) is 7.92. The summed E-state index contributed by atoms with van der Waals surface area (Å²) in [6.45, 7) is 9.11. The second-order valence-electron chi connectivity index (χ2n) is 7.92. The number of aryl methyl sites for hydroxylation is 1. The molecule has 2 amide bonds. The average Bonchev–Trinajstić information content (AvgIpc) is 2.65. The van der Waals surface area contributed by atoms with Gasteiger partial charge in [0.15, 0.2) is 0 Å². The molecule has 2 N–H and O–H groups in total. The quantitative estimate of drug-likeness (QED) is 0.744. The molecule has 1 aromatic rings. The molecule has 2 aliphatic rings. The number of carbonyl (C=O) groups excluding carboxylic acids is 1. The molecular formula is C21H32N4O3. The van der Waals surface area contributed by atoms with Gasteiger partial charge in [0, 0.05) is 44.8 Å². The minimum atomic E-state index is -0.794. The number of benzene rings is 1. The zero-order valence-electron chi connectivity index (χ0n) is 16.9. The summed E-state index contributed by atoms with van der Waals surface area (Å²) in [6.07, 6.45) is 1.67. The van der Waals surface area contributed by atoms with E-state index < -0.39 is 5.97 Å². The van der Waals surface area contributed by atoms with Crippen molar-refractivity contribution in [2.45, 2.75) is 45.3 Å². The molecule has 1 saturated heterocycles. The summed E-state index contributed by atoms with van der Waals surface area (Å²) >= 11 is 0. The van der Waals surface area contributed by atoms with Crippen molar-refractivity contribution in [2.24, 2.45) is 0 Å². The fraction of sp³-hybridized carbons (Fsp3) is 0.619. The maximum Gasteiger partial charge on any atom is 0.317 e. The molecule has 0 bridgehead atoms. The van der Waals surface area contributed by atoms with Crippen molar-refractivity contribution >= 4 is 12.0 Å². The maximum atomic E-state index is 12.5. The van der Waals surface area contributed by atoms with E-state index in [1.807, 2.05) is 16.7 Å². The molecule has 0 radical (unpaired) electrons. The molecule has 7 heteroatoms. The lowest BCUT2D eigenvalue weighted by molar-refractivity contribution is -0.139. The van der Waals surface area contributed by atoms with E-state index in [1.54, 1.807) is 0 Å². The molecule has 2 fully saturated rings. The number of hydrogen-bond acceptors (Lipinski definition) is 4. The predicted octanol–water partition coefficient (Wildman–Crippen LogP) is 1.76. The Hall–Kier alpha value is -2.12. The topological polar surface area (TPSA) is 76.1 Å². The van der Waals surface area contributed by atoms with Crippen LogP contribution in [-0.2, 0) is 11.3 Å². The van der Waals surface area contributed by atoms with Gasteiger partial charge in [-0.25, -0.2) is 4.79 Å². The average molecular weight is 389 g/mol. The highest BCUT2D eigenvalue weighted by atomic mass is 16.4. The van der Waals surface area contributed by atoms with Crippen molar-refractivity contribution in [3.8, 4) is 0 Å². The first-order chi connectivity index (χ1) is 13.5. The highest BCUT2D eigenvalue weighted by Crippen LogP contribution is 2.25. The summed E-state index contributed by atoms with van der Waals surface area (Å²) in [7, 11) is 0. The lowest BCUT2D eigenvalue weighted by Gasteiger charge is -2.43. The van der Waals surface area contributed by atoms with Crippen LogP contribution in [0.5, 0.6) is 0 Å². The number of carbonyl (C=O) groups is 2. The highest BCUT2D eigenvalue weighted by Gasteiger charge is 2.35. The number of piperazine rings is 1. The molecule has 1 heterocycles. The van der Waals surface area contributed by atoms with E-state index in [0.717, 1.165) is 52.1 Å². The summed E-state index contributed by atoms with van der Waals surface area (Å²) in [4.78, 5) is 29.7. The monoisotopic (exact) mass is 388 g/mol. The SMILES string of the molecule is CCN(CC(=O)O)C1CC(NC(=O)N2CCN(Cc3ccccc3C)CC2)C1. The van der Waals surface area contributed by atoms with Crippen molar-refractivity contribution in [2.75, 3.05) is 39.3 Å². The van der Waals surface area contributed by atoms with Gasteiger partial charge in [-0.1, -0.05) is 31.2 Å². The molecule has 0 unspecified atom stereocenters. The third-order valence-corrected chi connectivity index (χ3v) is 6.02. The van der Waals surface area contributed by atoms with E-state index in [1.165, 1.54) is 11.1 Å². The lowest BCUT2D eigenvalue weighted by Crippen LogP contribution is -2.58. The van der Waals surface area contributed by atoms with Crippen LogP contribution in [0.1, 0.15) is 30.9 Å². The Labute approximate surface area is 167 Å². The third-order valence-electron chi connectivity index (χ3n) is 6.02. The van der Waals surface area contributed by atoms with Gasteiger partial charge in [-0.05, 0) is 37.4 Å². The van der Waals surface area contributed by atoms with Crippen LogP contribution in [0, 0.1) is 6.92 Å². The molecule has 1 saturated carbocycles. The molecule has 0 spiro atoms. The molecule has 154 valence electrons. The molecule has 7 nitrogen and oxygen atoms in total. The number of nitrogens with one attached hydrogen (secondary N) is 1. The number of aliphatic carboxylic acids is 1. The molecular weight excluding hydrogens is 356 g/mol. The van der Waals surface area contributed by atoms with Crippen molar-refractivity contribution in [3.63, 3.8) is 0 Å². The summed E-state index contributed by atoms with van der Waals surface area (Å²) < 4.78 is 0. The summed E-state index contributed by atoms with van der Waals surface area (Å²) in [5, 5.41) is 12.1. The number of rotatable bonds is 7. The van der Waals surface area contributed by atoms with E-state index in [4.69, 9.17) is 5.11 Å². The zero-order chi connectivity index (χ0) is 20.1. The Balaban J connectivity index is 1.38. The van der Waals surface area contributed by atoms with Gasteiger partial charge in [0.2, 0.25) is 0 Å². The van der Waals surface area contributed by atoms with Gasteiger partial charge >= 0.3 is 12.0 Å². The summed E-state index contributed by atoms with van der Waals surface area (Å²) in [5.74, 6) is -0.794. The predicted molar refractivity (Wildman–Crippen MR) is 108 cm³/mol. The number of hydrogen-bond donors (Lipinski definition) is 2. The van der Waals surface area contributed by atoms with Crippen LogP contribution in [0.15, 0.2) is 24.3 Å². The summed E-state index contributed by atoms with van der Waals surface area (Å²) in [6, 6.07) is 8.89. The van der Waals surface area contributed by atoms with Gasteiger partial charge in [-0.2, -0.15) is 0 Å². The highest BCUT2D eigenvalue weighted by molar-refractivity contribution is 5.74. The fourth-order valence-corrected chi connectivity index (χ4v) is 4.08. The van der Waals surface area contributed by atoms with Crippen molar-refractivity contribution in [1.29, 1.82) is 0 Å². The number of likely N-dealkylation sites (N-methyl/N-ethyl adjacent to an activating group) is 1. The van der Waals surface area contributed by atoms with Crippen molar-refractivity contribution in [3.05, 3.63) is 35.4 Å². The Morgan fingerprint density at radius 1 is 1.18 bits per heavy atom. The van der Waals surface area contributed by atoms with Gasteiger partial charge in [0.25, 0.3) is 0 Å². The first-order valence-electron chi connectivity index (χ1n) is 10.2. The second kappa shape index (κ2) is 9.39. The van der Waals surface area contributed by atoms with E-state index in [0.29, 0.717) is 0 Å². The number of urea groups is 1. The number of carboxylic acid groups (broad SMARTS) is 1. The van der Waals surface area contributed by atoms with Crippen molar-refractivity contribution < 1.29 is 14.7 Å². The molecule has 0 aromatic heterocycles. The maximum absolute atomic E-state index is 12.5. The van der Waals surface area contributed by atoms with Crippen LogP contribution >= 0.6 is 0 Å². The van der Waals surface area contributed by atoms with Crippen molar-refractivity contribution in [1.82, 2.24) is 20.0 Å². The first-order valence-corrected chi connectivity index (χ1v) is 10.2. The van der Waals surface area contributed by atoms with Gasteiger partial charge in [0.1, 0.15) is 0 Å². The number of nitrogens with zero attached hydrogens (tertiary/aromatic N) is 3.